The average Bonchev–Trinajstić information content (AvgIpc) is 2.29. The number of carbonyl (C=O) groups excluding carboxylic acids is 1. The Morgan fingerprint density at radius 2 is 2.40 bits per heavy atom. The fourth-order valence-corrected chi connectivity index (χ4v) is 1.36. The van der Waals surface area contributed by atoms with E-state index in [1.165, 1.54) is 0 Å². The van der Waals surface area contributed by atoms with Crippen molar-refractivity contribution in [2.45, 2.75) is 13.3 Å². The van der Waals surface area contributed by atoms with E-state index in [-0.39, 0.29) is 5.97 Å². The molecule has 1 aliphatic rings. The molecular formula is C12H12O3. The summed E-state index contributed by atoms with van der Waals surface area (Å²) in [5.74, 6) is 1.07. The van der Waals surface area contributed by atoms with E-state index in [0.717, 1.165) is 11.3 Å². The van der Waals surface area contributed by atoms with Crippen LogP contribution in [0.3, 0.4) is 0 Å². The van der Waals surface area contributed by atoms with Crippen molar-refractivity contribution in [1.29, 1.82) is 0 Å². The van der Waals surface area contributed by atoms with Crippen LogP contribution in [0.1, 0.15) is 18.9 Å². The molecule has 1 heterocycles. The van der Waals surface area contributed by atoms with E-state index in [4.69, 9.17) is 9.47 Å². The molecule has 1 aromatic carbocycles. The maximum absolute atomic E-state index is 11.1. The van der Waals surface area contributed by atoms with Gasteiger partial charge in [0.15, 0.2) is 0 Å². The second-order valence-corrected chi connectivity index (χ2v) is 3.24. The lowest BCUT2D eigenvalue weighted by molar-refractivity contribution is -0.134. The van der Waals surface area contributed by atoms with Gasteiger partial charge in [-0.3, -0.25) is 4.79 Å². The van der Waals surface area contributed by atoms with Crippen molar-refractivity contribution < 1.29 is 14.3 Å². The number of hydrogen-bond donors (Lipinski definition) is 0. The normalized spacial score (nSPS) is 12.9. The second kappa shape index (κ2) is 4.17. The van der Waals surface area contributed by atoms with E-state index >= 15 is 0 Å². The summed E-state index contributed by atoms with van der Waals surface area (Å²) < 4.78 is 10.5. The van der Waals surface area contributed by atoms with Crippen molar-refractivity contribution >= 4 is 12.0 Å². The van der Waals surface area contributed by atoms with Gasteiger partial charge in [0, 0.05) is 18.1 Å². The molecule has 1 aliphatic heterocycles. The van der Waals surface area contributed by atoms with Crippen molar-refractivity contribution in [3.05, 3.63) is 29.8 Å². The predicted molar refractivity (Wildman–Crippen MR) is 56.9 cm³/mol. The zero-order valence-electron chi connectivity index (χ0n) is 8.53. The minimum atomic E-state index is -0.235. The summed E-state index contributed by atoms with van der Waals surface area (Å²) in [5.41, 5.74) is 1.01. The van der Waals surface area contributed by atoms with E-state index in [1.54, 1.807) is 19.1 Å². The maximum Gasteiger partial charge on any atom is 0.310 e. The van der Waals surface area contributed by atoms with Crippen LogP contribution >= 0.6 is 0 Å². The lowest BCUT2D eigenvalue weighted by Gasteiger charge is -2.13. The van der Waals surface area contributed by atoms with Gasteiger partial charge in [0.25, 0.3) is 0 Å². The van der Waals surface area contributed by atoms with Crippen molar-refractivity contribution in [3.63, 3.8) is 0 Å². The number of hydrogen-bond acceptors (Lipinski definition) is 3. The first-order valence-electron chi connectivity index (χ1n) is 4.93. The Bertz CT molecular complexity index is 407. The third kappa shape index (κ3) is 2.18. The topological polar surface area (TPSA) is 35.5 Å². The Labute approximate surface area is 88.3 Å². The molecule has 0 amide bonds. The second-order valence-electron chi connectivity index (χ2n) is 3.24. The molecule has 0 aliphatic carbocycles. The van der Waals surface area contributed by atoms with Gasteiger partial charge in [-0.2, -0.15) is 0 Å². The number of carbonyl (C=O) groups is 1. The summed E-state index contributed by atoms with van der Waals surface area (Å²) >= 11 is 0. The third-order valence-electron chi connectivity index (χ3n) is 2.14. The Morgan fingerprint density at radius 3 is 3.20 bits per heavy atom. The Morgan fingerprint density at radius 1 is 1.53 bits per heavy atom. The van der Waals surface area contributed by atoms with Gasteiger partial charge in [0.2, 0.25) is 0 Å². The molecule has 0 N–H and O–H groups in total. The molecular weight excluding hydrogens is 192 g/mol. The summed E-state index contributed by atoms with van der Waals surface area (Å²) in [4.78, 5) is 11.1. The number of rotatable bonds is 2. The summed E-state index contributed by atoms with van der Waals surface area (Å²) in [6.45, 7) is 2.33. The van der Waals surface area contributed by atoms with Gasteiger partial charge < -0.3 is 9.47 Å². The molecule has 0 saturated carbocycles. The van der Waals surface area contributed by atoms with Gasteiger partial charge >= 0.3 is 5.97 Å². The zero-order valence-corrected chi connectivity index (χ0v) is 8.53. The molecule has 2 rings (SSSR count). The van der Waals surface area contributed by atoms with Crippen LogP contribution in [0.15, 0.2) is 24.3 Å². The monoisotopic (exact) mass is 204 g/mol. The lowest BCUT2D eigenvalue weighted by atomic mass is 10.1. The first-order valence-corrected chi connectivity index (χ1v) is 4.93. The molecule has 0 fully saturated rings. The number of fused-ring (bicyclic) bond motifs is 1. The molecule has 3 heteroatoms. The summed E-state index contributed by atoms with van der Waals surface area (Å²) in [5, 5.41) is 0. The van der Waals surface area contributed by atoms with Crippen molar-refractivity contribution in [1.82, 2.24) is 0 Å². The minimum Gasteiger partial charge on any atom is -0.489 e. The molecule has 0 atom stereocenters. The fraction of sp³-hybridized carbons (Fsp3) is 0.250. The number of benzene rings is 1. The average molecular weight is 204 g/mol. The Balaban J connectivity index is 2.21. The lowest BCUT2D eigenvalue weighted by Crippen LogP contribution is -2.06. The van der Waals surface area contributed by atoms with Gasteiger partial charge in [-0.25, -0.2) is 0 Å². The predicted octanol–water partition coefficient (Wildman–Crippen LogP) is 2.41. The highest BCUT2D eigenvalue weighted by Crippen LogP contribution is 2.28. The van der Waals surface area contributed by atoms with Crippen LogP contribution in [-0.2, 0) is 4.79 Å². The Kier molecular flexibility index (Phi) is 2.72. The highest BCUT2D eigenvalue weighted by atomic mass is 16.5. The van der Waals surface area contributed by atoms with Crippen LogP contribution in [0.5, 0.6) is 11.5 Å². The van der Waals surface area contributed by atoms with E-state index in [9.17, 15) is 4.79 Å². The molecule has 0 spiro atoms. The highest BCUT2D eigenvalue weighted by Gasteiger charge is 2.08. The summed E-state index contributed by atoms with van der Waals surface area (Å²) in [6, 6.07) is 5.39. The quantitative estimate of drug-likeness (QED) is 0.548. The van der Waals surface area contributed by atoms with E-state index in [0.29, 0.717) is 18.8 Å². The smallest absolute Gasteiger partial charge is 0.310 e. The first-order chi connectivity index (χ1) is 7.29. The fourth-order valence-electron chi connectivity index (χ4n) is 1.36. The van der Waals surface area contributed by atoms with Crippen LogP contribution in [-0.4, -0.2) is 12.6 Å². The van der Waals surface area contributed by atoms with Crippen molar-refractivity contribution in [2.24, 2.45) is 0 Å². The standard InChI is InChI=1S/C12H12O3/c1-2-12(13)15-10-6-5-9-4-3-7-14-11(9)8-10/h3-6,8H,2,7H2,1H3. The molecule has 15 heavy (non-hydrogen) atoms. The molecule has 0 radical (unpaired) electrons. The molecule has 3 nitrogen and oxygen atoms in total. The summed E-state index contributed by atoms with van der Waals surface area (Å²) in [7, 11) is 0. The van der Waals surface area contributed by atoms with Crippen LogP contribution in [0.25, 0.3) is 6.08 Å². The number of esters is 1. The Hall–Kier alpha value is -1.77. The van der Waals surface area contributed by atoms with Crippen LogP contribution < -0.4 is 9.47 Å². The SMILES string of the molecule is CCC(=O)Oc1ccc2c(c1)OCC=C2. The van der Waals surface area contributed by atoms with E-state index in [2.05, 4.69) is 0 Å². The van der Waals surface area contributed by atoms with Crippen LogP contribution in [0, 0.1) is 0 Å². The molecule has 78 valence electrons. The van der Waals surface area contributed by atoms with E-state index in [1.807, 2.05) is 18.2 Å². The zero-order chi connectivity index (χ0) is 10.7. The maximum atomic E-state index is 11.1. The molecule has 0 saturated heterocycles. The van der Waals surface area contributed by atoms with Crippen molar-refractivity contribution in [3.8, 4) is 11.5 Å². The summed E-state index contributed by atoms with van der Waals surface area (Å²) in [6.07, 6.45) is 4.31. The molecule has 0 bridgehead atoms. The van der Waals surface area contributed by atoms with Crippen LogP contribution in [0.2, 0.25) is 0 Å². The minimum absolute atomic E-state index is 0.235. The van der Waals surface area contributed by atoms with E-state index < -0.39 is 0 Å². The molecule has 1 aromatic rings. The van der Waals surface area contributed by atoms with Gasteiger partial charge in [-0.05, 0) is 18.2 Å². The number of ether oxygens (including phenoxy) is 2. The van der Waals surface area contributed by atoms with Gasteiger partial charge in [0.05, 0.1) is 0 Å². The van der Waals surface area contributed by atoms with Gasteiger partial charge in [0.1, 0.15) is 18.1 Å². The van der Waals surface area contributed by atoms with Gasteiger partial charge in [-0.15, -0.1) is 0 Å². The molecule has 0 aromatic heterocycles. The third-order valence-corrected chi connectivity index (χ3v) is 2.14. The van der Waals surface area contributed by atoms with Crippen LogP contribution in [0.4, 0.5) is 0 Å². The van der Waals surface area contributed by atoms with Gasteiger partial charge in [-0.1, -0.05) is 13.0 Å². The van der Waals surface area contributed by atoms with Crippen molar-refractivity contribution in [2.75, 3.05) is 6.61 Å². The molecule has 0 unspecified atom stereocenters. The largest absolute Gasteiger partial charge is 0.489 e. The highest BCUT2D eigenvalue weighted by molar-refractivity contribution is 5.72. The first kappa shape index (κ1) is 9.77.